The van der Waals surface area contributed by atoms with Crippen molar-refractivity contribution in [1.82, 2.24) is 0 Å². The topological polar surface area (TPSA) is 112 Å². The lowest BCUT2D eigenvalue weighted by Crippen LogP contribution is -2.31. The lowest BCUT2D eigenvalue weighted by atomic mass is 9.99. The summed E-state index contributed by atoms with van der Waals surface area (Å²) in [6.07, 6.45) is 0.394. The zero-order valence-electron chi connectivity index (χ0n) is 10.9. The number of sulfonamides is 1. The number of primary sulfonamides is 1. The fourth-order valence-electron chi connectivity index (χ4n) is 1.61. The van der Waals surface area contributed by atoms with Gasteiger partial charge in [-0.05, 0) is 44.4 Å². The molecule has 0 fully saturated rings. The Morgan fingerprint density at radius 1 is 1.26 bits per heavy atom. The van der Waals surface area contributed by atoms with E-state index in [0.717, 1.165) is 5.56 Å². The summed E-state index contributed by atoms with van der Waals surface area (Å²) in [4.78, 5) is 10.8. The van der Waals surface area contributed by atoms with Crippen molar-refractivity contribution in [3.63, 3.8) is 0 Å². The molecule has 0 aliphatic carbocycles. The molecule has 1 aromatic carbocycles. The van der Waals surface area contributed by atoms with Crippen LogP contribution in [-0.2, 0) is 21.2 Å². The molecule has 6 nitrogen and oxygen atoms in total. The molecular formula is C12H18N2O4S. The van der Waals surface area contributed by atoms with Gasteiger partial charge in [0.2, 0.25) is 10.0 Å². The first-order chi connectivity index (χ1) is 8.60. The first-order valence-corrected chi connectivity index (χ1v) is 7.25. The van der Waals surface area contributed by atoms with Crippen LogP contribution in [0.5, 0.6) is 0 Å². The summed E-state index contributed by atoms with van der Waals surface area (Å²) in [5.41, 5.74) is 5.24. The quantitative estimate of drug-likeness (QED) is 0.845. The van der Waals surface area contributed by atoms with Crippen molar-refractivity contribution in [3.05, 3.63) is 29.8 Å². The van der Waals surface area contributed by atoms with Gasteiger partial charge < -0.3 is 10.5 Å². The molecule has 0 atom stereocenters. The smallest absolute Gasteiger partial charge is 0.405 e. The second-order valence-corrected chi connectivity index (χ2v) is 6.43. The number of nitrogens with two attached hydrogens (primary N) is 2. The van der Waals surface area contributed by atoms with Gasteiger partial charge in [-0.15, -0.1) is 0 Å². The summed E-state index contributed by atoms with van der Waals surface area (Å²) in [6.45, 7) is 3.52. The molecule has 4 N–H and O–H groups in total. The van der Waals surface area contributed by atoms with Crippen LogP contribution in [0.3, 0.4) is 0 Å². The van der Waals surface area contributed by atoms with E-state index in [1.54, 1.807) is 26.0 Å². The summed E-state index contributed by atoms with van der Waals surface area (Å²) >= 11 is 0. The van der Waals surface area contributed by atoms with E-state index < -0.39 is 21.7 Å². The van der Waals surface area contributed by atoms with Crippen LogP contribution in [0.25, 0.3) is 0 Å². The molecule has 7 heteroatoms. The van der Waals surface area contributed by atoms with Crippen LogP contribution < -0.4 is 10.9 Å². The molecule has 0 radical (unpaired) electrons. The Hall–Kier alpha value is -1.60. The highest BCUT2D eigenvalue weighted by Crippen LogP contribution is 2.18. The Morgan fingerprint density at radius 3 is 2.21 bits per heavy atom. The molecule has 1 aromatic rings. The van der Waals surface area contributed by atoms with Gasteiger partial charge in [0.05, 0.1) is 4.90 Å². The molecule has 0 aliphatic rings. The normalized spacial score (nSPS) is 12.2. The van der Waals surface area contributed by atoms with Crippen LogP contribution in [-0.4, -0.2) is 20.1 Å². The third-order valence-electron chi connectivity index (χ3n) is 2.64. The van der Waals surface area contributed by atoms with Crippen molar-refractivity contribution in [2.75, 3.05) is 0 Å². The summed E-state index contributed by atoms with van der Waals surface area (Å²) < 4.78 is 27.1. The number of carbonyl (C=O) groups excluding carboxylic acids is 1. The molecule has 0 unspecified atom stereocenters. The highest BCUT2D eigenvalue weighted by atomic mass is 32.2. The second kappa shape index (κ2) is 5.58. The molecule has 0 spiro atoms. The Bertz CT molecular complexity index is 550. The van der Waals surface area contributed by atoms with Crippen molar-refractivity contribution in [1.29, 1.82) is 0 Å². The standard InChI is InChI=1S/C12H18N2O4S/c1-12(2,18-11(13)15)8-7-9-3-5-10(6-4-9)19(14,16)17/h3-6H,7-8H2,1-2H3,(H2,13,15)(H2,14,16,17). The summed E-state index contributed by atoms with van der Waals surface area (Å²) in [7, 11) is -3.66. The number of benzene rings is 1. The lowest BCUT2D eigenvalue weighted by molar-refractivity contribution is 0.0394. The van der Waals surface area contributed by atoms with Gasteiger partial charge in [-0.25, -0.2) is 18.4 Å². The van der Waals surface area contributed by atoms with Gasteiger partial charge >= 0.3 is 6.09 Å². The van der Waals surface area contributed by atoms with Crippen molar-refractivity contribution in [2.45, 2.75) is 37.2 Å². The number of hydrogen-bond donors (Lipinski definition) is 2. The maximum Gasteiger partial charge on any atom is 0.405 e. The fraction of sp³-hybridized carbons (Fsp3) is 0.417. The second-order valence-electron chi connectivity index (χ2n) is 4.87. The summed E-state index contributed by atoms with van der Waals surface area (Å²) in [6, 6.07) is 6.26. The van der Waals surface area contributed by atoms with Gasteiger partial charge in [0.1, 0.15) is 5.60 Å². The monoisotopic (exact) mass is 286 g/mol. The third kappa shape index (κ3) is 5.27. The average molecular weight is 286 g/mol. The Labute approximate surface area is 112 Å². The van der Waals surface area contributed by atoms with Crippen molar-refractivity contribution >= 4 is 16.1 Å². The highest BCUT2D eigenvalue weighted by Gasteiger charge is 2.21. The molecule has 106 valence electrons. The molecule has 1 rings (SSSR count). The van der Waals surface area contributed by atoms with Crippen LogP contribution in [0.2, 0.25) is 0 Å². The zero-order chi connectivity index (χ0) is 14.7. The van der Waals surface area contributed by atoms with E-state index in [0.29, 0.717) is 12.8 Å². The van der Waals surface area contributed by atoms with E-state index in [1.807, 2.05) is 0 Å². The highest BCUT2D eigenvalue weighted by molar-refractivity contribution is 7.89. The molecule has 1 amide bonds. The van der Waals surface area contributed by atoms with E-state index in [2.05, 4.69) is 0 Å². The molecule has 0 bridgehead atoms. The number of hydrogen-bond acceptors (Lipinski definition) is 4. The predicted octanol–water partition coefficient (Wildman–Crippen LogP) is 1.14. The van der Waals surface area contributed by atoms with Crippen molar-refractivity contribution in [2.24, 2.45) is 10.9 Å². The number of carbonyl (C=O) groups is 1. The first kappa shape index (κ1) is 15.5. The van der Waals surface area contributed by atoms with Gasteiger partial charge in [0.15, 0.2) is 0 Å². The molecule has 0 aliphatic heterocycles. The van der Waals surface area contributed by atoms with Gasteiger partial charge in [-0.3, -0.25) is 0 Å². The molecule has 0 saturated carbocycles. The van der Waals surface area contributed by atoms with Gasteiger partial charge in [-0.2, -0.15) is 0 Å². The van der Waals surface area contributed by atoms with Gasteiger partial charge in [0.25, 0.3) is 0 Å². The fourth-order valence-corrected chi connectivity index (χ4v) is 2.13. The van der Waals surface area contributed by atoms with Crippen molar-refractivity contribution in [3.8, 4) is 0 Å². The Balaban J connectivity index is 2.67. The first-order valence-electron chi connectivity index (χ1n) is 5.70. The van der Waals surface area contributed by atoms with Gasteiger partial charge in [0, 0.05) is 0 Å². The molecule has 0 aromatic heterocycles. The number of primary amides is 1. The molecule has 19 heavy (non-hydrogen) atoms. The van der Waals surface area contributed by atoms with Crippen LogP contribution in [0, 0.1) is 0 Å². The van der Waals surface area contributed by atoms with Crippen LogP contribution >= 0.6 is 0 Å². The average Bonchev–Trinajstić information content (AvgIpc) is 2.24. The molecule has 0 saturated heterocycles. The van der Waals surface area contributed by atoms with E-state index in [1.165, 1.54) is 12.1 Å². The Morgan fingerprint density at radius 2 is 1.79 bits per heavy atom. The number of ether oxygens (including phenoxy) is 1. The number of amides is 1. The summed E-state index contributed by atoms with van der Waals surface area (Å²) in [5, 5.41) is 5.01. The molecular weight excluding hydrogens is 268 g/mol. The van der Waals surface area contributed by atoms with E-state index in [-0.39, 0.29) is 4.90 Å². The maximum absolute atomic E-state index is 11.1. The van der Waals surface area contributed by atoms with Crippen LogP contribution in [0.1, 0.15) is 25.8 Å². The zero-order valence-corrected chi connectivity index (χ0v) is 11.7. The summed E-state index contributed by atoms with van der Waals surface area (Å²) in [5.74, 6) is 0. The van der Waals surface area contributed by atoms with E-state index in [9.17, 15) is 13.2 Å². The third-order valence-corrected chi connectivity index (χ3v) is 3.57. The van der Waals surface area contributed by atoms with E-state index in [4.69, 9.17) is 15.6 Å². The predicted molar refractivity (Wildman–Crippen MR) is 70.9 cm³/mol. The van der Waals surface area contributed by atoms with E-state index >= 15 is 0 Å². The van der Waals surface area contributed by atoms with Gasteiger partial charge in [-0.1, -0.05) is 12.1 Å². The Kier molecular flexibility index (Phi) is 4.54. The lowest BCUT2D eigenvalue weighted by Gasteiger charge is -2.23. The van der Waals surface area contributed by atoms with Crippen LogP contribution in [0.15, 0.2) is 29.2 Å². The van der Waals surface area contributed by atoms with Crippen molar-refractivity contribution < 1.29 is 17.9 Å². The number of aryl methyl sites for hydroxylation is 1. The minimum atomic E-state index is -3.66. The molecule has 0 heterocycles. The SMILES string of the molecule is CC(C)(CCc1ccc(S(N)(=O)=O)cc1)OC(N)=O. The minimum Gasteiger partial charge on any atom is -0.444 e. The largest absolute Gasteiger partial charge is 0.444 e. The van der Waals surface area contributed by atoms with Crippen LogP contribution in [0.4, 0.5) is 4.79 Å². The maximum atomic E-state index is 11.1. The number of rotatable bonds is 5. The minimum absolute atomic E-state index is 0.0731.